The summed E-state index contributed by atoms with van der Waals surface area (Å²) in [6.07, 6.45) is 9.00. The van der Waals surface area contributed by atoms with E-state index in [2.05, 4.69) is 9.97 Å². The second-order valence-electron chi connectivity index (χ2n) is 3.55. The number of Topliss-reactive ketones (excluding diaryl/α,β-unsaturated/α-hetero) is 1. The molecule has 0 radical (unpaired) electrons. The third kappa shape index (κ3) is 1.91. The molecule has 0 atom stereocenters. The van der Waals surface area contributed by atoms with Gasteiger partial charge in [-0.3, -0.25) is 4.79 Å². The fourth-order valence-electron chi connectivity index (χ4n) is 1.52. The molecule has 1 saturated carbocycles. The number of nitrogens with zero attached hydrogens (tertiary/aromatic N) is 2. The lowest BCUT2D eigenvalue weighted by Crippen LogP contribution is -2.16. The molecule has 2 rings (SSSR count). The molecular formula is C10H12N2O. The average Bonchev–Trinajstić information content (AvgIpc) is 2.12. The van der Waals surface area contributed by atoms with E-state index in [0.29, 0.717) is 17.9 Å². The summed E-state index contributed by atoms with van der Waals surface area (Å²) >= 11 is 0. The summed E-state index contributed by atoms with van der Waals surface area (Å²) in [5, 5.41) is 0. The number of carbonyl (C=O) groups is 1. The topological polar surface area (TPSA) is 42.9 Å². The summed E-state index contributed by atoms with van der Waals surface area (Å²) in [5.74, 6) is 0.804. The van der Waals surface area contributed by atoms with E-state index in [1.54, 1.807) is 12.4 Å². The summed E-state index contributed by atoms with van der Waals surface area (Å²) in [6.45, 7) is 0. The molecular weight excluding hydrogens is 164 g/mol. The maximum atomic E-state index is 11.6. The monoisotopic (exact) mass is 176 g/mol. The zero-order valence-corrected chi connectivity index (χ0v) is 7.44. The molecule has 0 N–H and O–H groups in total. The zero-order chi connectivity index (χ0) is 9.10. The molecule has 0 unspecified atom stereocenters. The van der Waals surface area contributed by atoms with Gasteiger partial charge in [-0.1, -0.05) is 19.3 Å². The van der Waals surface area contributed by atoms with E-state index < -0.39 is 0 Å². The quantitative estimate of drug-likeness (QED) is 0.660. The van der Waals surface area contributed by atoms with Crippen LogP contribution in [-0.4, -0.2) is 15.8 Å². The van der Waals surface area contributed by atoms with Gasteiger partial charge in [0.25, 0.3) is 0 Å². The van der Waals surface area contributed by atoms with Crippen LogP contribution in [0.3, 0.4) is 0 Å². The molecule has 1 aromatic heterocycles. The van der Waals surface area contributed by atoms with Crippen LogP contribution in [0.4, 0.5) is 0 Å². The van der Waals surface area contributed by atoms with Crippen molar-refractivity contribution < 1.29 is 4.79 Å². The Balaban J connectivity index is 1.97. The molecule has 68 valence electrons. The maximum Gasteiger partial charge on any atom is 0.166 e. The lowest BCUT2D eigenvalue weighted by Gasteiger charge is -2.24. The molecule has 0 aromatic carbocycles. The molecule has 3 nitrogen and oxygen atoms in total. The van der Waals surface area contributed by atoms with E-state index in [9.17, 15) is 4.79 Å². The first-order valence-electron chi connectivity index (χ1n) is 4.64. The van der Waals surface area contributed by atoms with Crippen molar-refractivity contribution in [3.63, 3.8) is 0 Å². The summed E-state index contributed by atoms with van der Waals surface area (Å²) in [6, 6.07) is 0. The van der Waals surface area contributed by atoms with Gasteiger partial charge in [-0.2, -0.15) is 0 Å². The molecule has 3 heteroatoms. The van der Waals surface area contributed by atoms with Crippen LogP contribution >= 0.6 is 0 Å². The van der Waals surface area contributed by atoms with Crippen molar-refractivity contribution in [3.8, 4) is 0 Å². The standard InChI is InChI=1S/C10H12N2O/c13-10(4-8-2-1-3-8)9-5-11-7-12-6-9/h5-8H,1-4H2. The van der Waals surface area contributed by atoms with Gasteiger partial charge >= 0.3 is 0 Å². The normalized spacial score (nSPS) is 16.6. The number of hydrogen-bond donors (Lipinski definition) is 0. The van der Waals surface area contributed by atoms with Gasteiger partial charge < -0.3 is 0 Å². The Bertz CT molecular complexity index is 293. The van der Waals surface area contributed by atoms with Crippen LogP contribution < -0.4 is 0 Å². The number of rotatable bonds is 3. The van der Waals surface area contributed by atoms with E-state index in [0.717, 1.165) is 0 Å². The van der Waals surface area contributed by atoms with Gasteiger partial charge in [0.1, 0.15) is 6.33 Å². The third-order valence-electron chi connectivity index (χ3n) is 2.58. The fourth-order valence-corrected chi connectivity index (χ4v) is 1.52. The Morgan fingerprint density at radius 2 is 2.08 bits per heavy atom. The van der Waals surface area contributed by atoms with Gasteiger partial charge in [0.05, 0.1) is 5.56 Å². The van der Waals surface area contributed by atoms with Crippen LogP contribution in [-0.2, 0) is 0 Å². The highest BCUT2D eigenvalue weighted by atomic mass is 16.1. The van der Waals surface area contributed by atoms with E-state index in [1.807, 2.05) is 0 Å². The van der Waals surface area contributed by atoms with E-state index >= 15 is 0 Å². The van der Waals surface area contributed by atoms with Crippen LogP contribution in [0.15, 0.2) is 18.7 Å². The van der Waals surface area contributed by atoms with E-state index in [-0.39, 0.29) is 5.78 Å². The molecule has 1 aliphatic rings. The highest BCUT2D eigenvalue weighted by molar-refractivity contribution is 5.95. The fraction of sp³-hybridized carbons (Fsp3) is 0.500. The van der Waals surface area contributed by atoms with E-state index in [1.165, 1.54) is 25.6 Å². The van der Waals surface area contributed by atoms with Crippen molar-refractivity contribution in [2.45, 2.75) is 25.7 Å². The Morgan fingerprint density at radius 1 is 1.38 bits per heavy atom. The second kappa shape index (κ2) is 3.64. The molecule has 0 aliphatic heterocycles. The van der Waals surface area contributed by atoms with Crippen LogP contribution in [0, 0.1) is 5.92 Å². The summed E-state index contributed by atoms with van der Waals surface area (Å²) in [7, 11) is 0. The Kier molecular flexibility index (Phi) is 2.34. The van der Waals surface area contributed by atoms with E-state index in [4.69, 9.17) is 0 Å². The molecule has 1 aliphatic carbocycles. The smallest absolute Gasteiger partial charge is 0.166 e. The molecule has 1 aromatic rings. The van der Waals surface area contributed by atoms with Crippen LogP contribution in [0.2, 0.25) is 0 Å². The highest BCUT2D eigenvalue weighted by Gasteiger charge is 2.21. The van der Waals surface area contributed by atoms with Crippen LogP contribution in [0.5, 0.6) is 0 Å². The Hall–Kier alpha value is -1.25. The lowest BCUT2D eigenvalue weighted by molar-refractivity contribution is 0.0936. The van der Waals surface area contributed by atoms with Crippen LogP contribution in [0.1, 0.15) is 36.0 Å². The summed E-state index contributed by atoms with van der Waals surface area (Å²) < 4.78 is 0. The first kappa shape index (κ1) is 8.35. The number of ketones is 1. The number of carbonyl (C=O) groups excluding carboxylic acids is 1. The molecule has 1 heterocycles. The van der Waals surface area contributed by atoms with Gasteiger partial charge in [-0.05, 0) is 5.92 Å². The summed E-state index contributed by atoms with van der Waals surface area (Å²) in [4.78, 5) is 19.2. The minimum Gasteiger partial charge on any atom is -0.294 e. The summed E-state index contributed by atoms with van der Waals surface area (Å²) in [5.41, 5.74) is 0.648. The first-order chi connectivity index (χ1) is 6.36. The average molecular weight is 176 g/mol. The highest BCUT2D eigenvalue weighted by Crippen LogP contribution is 2.30. The van der Waals surface area contributed by atoms with Crippen molar-refractivity contribution in [1.82, 2.24) is 9.97 Å². The van der Waals surface area contributed by atoms with Crippen molar-refractivity contribution >= 4 is 5.78 Å². The number of hydrogen-bond acceptors (Lipinski definition) is 3. The molecule has 0 spiro atoms. The first-order valence-corrected chi connectivity index (χ1v) is 4.64. The number of aromatic nitrogens is 2. The van der Waals surface area contributed by atoms with Crippen molar-refractivity contribution in [3.05, 3.63) is 24.3 Å². The van der Waals surface area contributed by atoms with Crippen molar-refractivity contribution in [2.75, 3.05) is 0 Å². The minimum atomic E-state index is 0.185. The lowest BCUT2D eigenvalue weighted by atomic mass is 9.81. The van der Waals surface area contributed by atoms with Gasteiger partial charge in [0, 0.05) is 18.8 Å². The van der Waals surface area contributed by atoms with Crippen LogP contribution in [0.25, 0.3) is 0 Å². The molecule has 0 saturated heterocycles. The van der Waals surface area contributed by atoms with Gasteiger partial charge in [-0.15, -0.1) is 0 Å². The molecule has 0 bridgehead atoms. The maximum absolute atomic E-state index is 11.6. The van der Waals surface area contributed by atoms with Gasteiger partial charge in [0.15, 0.2) is 5.78 Å². The zero-order valence-electron chi connectivity index (χ0n) is 7.44. The predicted octanol–water partition coefficient (Wildman–Crippen LogP) is 1.85. The molecule has 1 fully saturated rings. The molecule has 0 amide bonds. The second-order valence-corrected chi connectivity index (χ2v) is 3.55. The van der Waals surface area contributed by atoms with Crippen molar-refractivity contribution in [2.24, 2.45) is 5.92 Å². The molecule has 13 heavy (non-hydrogen) atoms. The third-order valence-corrected chi connectivity index (χ3v) is 2.58. The predicted molar refractivity (Wildman–Crippen MR) is 48.3 cm³/mol. The van der Waals surface area contributed by atoms with Crippen molar-refractivity contribution in [1.29, 1.82) is 0 Å². The Morgan fingerprint density at radius 3 is 2.62 bits per heavy atom. The Labute approximate surface area is 77.2 Å². The minimum absolute atomic E-state index is 0.185. The van der Waals surface area contributed by atoms with Gasteiger partial charge in [0.2, 0.25) is 0 Å². The SMILES string of the molecule is O=C(CC1CCC1)c1cncnc1. The van der Waals surface area contributed by atoms with Gasteiger partial charge in [-0.25, -0.2) is 9.97 Å². The largest absolute Gasteiger partial charge is 0.294 e.